The fourth-order valence-corrected chi connectivity index (χ4v) is 4.17. The van der Waals surface area contributed by atoms with Crippen LogP contribution in [0.1, 0.15) is 5.69 Å². The summed E-state index contributed by atoms with van der Waals surface area (Å²) in [5, 5.41) is 5.08. The Bertz CT molecular complexity index is 547. The molecule has 0 bridgehead atoms. The summed E-state index contributed by atoms with van der Waals surface area (Å²) in [7, 11) is 3.38. The van der Waals surface area contributed by atoms with Gasteiger partial charge in [-0.25, -0.2) is 0 Å². The molecule has 2 rings (SSSR count). The Morgan fingerprint density at radius 3 is 2.88 bits per heavy atom. The highest BCUT2D eigenvalue weighted by Crippen LogP contribution is 2.35. The van der Waals surface area contributed by atoms with Crippen molar-refractivity contribution in [3.63, 3.8) is 0 Å². The predicted octanol–water partition coefficient (Wildman–Crippen LogP) is 2.97. The lowest BCUT2D eigenvalue weighted by Gasteiger charge is -2.00. The Kier molecular flexibility index (Phi) is 3.73. The van der Waals surface area contributed by atoms with Gasteiger partial charge >= 0.3 is 0 Å². The molecule has 0 spiro atoms. The normalized spacial score (nSPS) is 10.6. The van der Waals surface area contributed by atoms with Crippen LogP contribution in [-0.4, -0.2) is 16.0 Å². The largest absolute Gasteiger partial charge is 0.272 e. The maximum Gasteiger partial charge on any atom is 0.272 e. The van der Waals surface area contributed by atoms with Crippen LogP contribution in [0.4, 0.5) is 0 Å². The van der Waals surface area contributed by atoms with Gasteiger partial charge in [0, 0.05) is 6.07 Å². The van der Waals surface area contributed by atoms with E-state index in [1.165, 1.54) is 8.89 Å². The molecule has 0 aliphatic rings. The average Bonchev–Trinajstić information content (AvgIpc) is 2.71. The molecule has 0 fully saturated rings. The van der Waals surface area contributed by atoms with Crippen LogP contribution in [0.5, 0.6) is 0 Å². The van der Waals surface area contributed by atoms with Gasteiger partial charge < -0.3 is 0 Å². The van der Waals surface area contributed by atoms with Crippen molar-refractivity contribution in [1.82, 2.24) is 9.78 Å². The second-order valence-electron chi connectivity index (χ2n) is 3.07. The molecule has 2 aromatic rings. The first-order valence-electron chi connectivity index (χ1n) is 4.58. The van der Waals surface area contributed by atoms with Crippen LogP contribution >= 0.6 is 32.9 Å². The predicted molar refractivity (Wildman–Crippen MR) is 71.8 cm³/mol. The van der Waals surface area contributed by atoms with Gasteiger partial charge in [0.05, 0.1) is 9.90 Å². The van der Waals surface area contributed by atoms with Crippen molar-refractivity contribution in [2.24, 2.45) is 0 Å². The van der Waals surface area contributed by atoms with E-state index >= 15 is 0 Å². The fraction of sp³-hybridized carbons (Fsp3) is 0.200. The molecule has 0 amide bonds. The van der Waals surface area contributed by atoms with Gasteiger partial charge in [-0.3, -0.25) is 4.79 Å². The molecule has 0 aliphatic heterocycles. The summed E-state index contributed by atoms with van der Waals surface area (Å²) in [6, 6.07) is 7.21. The standard InChI is InChI=1S/C10H10N2OS3/c1-7-3-4-8(13)12(11-7)9-5-6-10(15-9)16-14-2/h3-6H,1-2H3. The van der Waals surface area contributed by atoms with Gasteiger partial charge in [0.2, 0.25) is 0 Å². The molecular weight excluding hydrogens is 260 g/mol. The maximum atomic E-state index is 11.6. The van der Waals surface area contributed by atoms with Crippen molar-refractivity contribution < 1.29 is 0 Å². The van der Waals surface area contributed by atoms with E-state index in [2.05, 4.69) is 5.10 Å². The molecule has 0 saturated heterocycles. The van der Waals surface area contributed by atoms with Crippen LogP contribution in [0.15, 0.2) is 33.3 Å². The third-order valence-electron chi connectivity index (χ3n) is 1.87. The molecule has 0 atom stereocenters. The number of thiophene rings is 1. The molecule has 0 aromatic carbocycles. The highest BCUT2D eigenvalue weighted by atomic mass is 33.1. The van der Waals surface area contributed by atoms with Gasteiger partial charge in [-0.1, -0.05) is 10.8 Å². The van der Waals surface area contributed by atoms with Gasteiger partial charge in [-0.05, 0) is 42.2 Å². The van der Waals surface area contributed by atoms with Crippen molar-refractivity contribution in [3.8, 4) is 5.00 Å². The Morgan fingerprint density at radius 2 is 2.12 bits per heavy atom. The van der Waals surface area contributed by atoms with E-state index in [0.717, 1.165) is 10.7 Å². The van der Waals surface area contributed by atoms with E-state index in [1.54, 1.807) is 45.1 Å². The minimum Gasteiger partial charge on any atom is -0.267 e. The molecule has 6 heteroatoms. The number of aromatic nitrogens is 2. The monoisotopic (exact) mass is 270 g/mol. The van der Waals surface area contributed by atoms with Crippen LogP contribution in [-0.2, 0) is 0 Å². The summed E-state index contributed by atoms with van der Waals surface area (Å²) >= 11 is 1.58. The minimum atomic E-state index is -0.0897. The zero-order valence-electron chi connectivity index (χ0n) is 8.84. The van der Waals surface area contributed by atoms with Crippen LogP contribution in [0.25, 0.3) is 5.00 Å². The van der Waals surface area contributed by atoms with E-state index in [9.17, 15) is 4.79 Å². The topological polar surface area (TPSA) is 34.9 Å². The van der Waals surface area contributed by atoms with Gasteiger partial charge in [0.1, 0.15) is 5.00 Å². The zero-order valence-corrected chi connectivity index (χ0v) is 11.3. The SMILES string of the molecule is CSSc1ccc(-n2nc(C)ccc2=O)s1. The lowest BCUT2D eigenvalue weighted by atomic mass is 10.4. The third-order valence-corrected chi connectivity index (χ3v) is 5.05. The Hall–Kier alpha value is -0.720. The molecule has 0 unspecified atom stereocenters. The second-order valence-corrected chi connectivity index (χ2v) is 6.83. The van der Waals surface area contributed by atoms with E-state index in [1.807, 2.05) is 25.3 Å². The number of hydrogen-bond acceptors (Lipinski definition) is 5. The Balaban J connectivity index is 2.42. The fourth-order valence-electron chi connectivity index (χ4n) is 1.21. The Morgan fingerprint density at radius 1 is 1.31 bits per heavy atom. The molecule has 16 heavy (non-hydrogen) atoms. The van der Waals surface area contributed by atoms with E-state index in [0.29, 0.717) is 0 Å². The summed E-state index contributed by atoms with van der Waals surface area (Å²) in [6.07, 6.45) is 2.03. The van der Waals surface area contributed by atoms with Gasteiger partial charge in [0.25, 0.3) is 5.56 Å². The van der Waals surface area contributed by atoms with E-state index < -0.39 is 0 Å². The van der Waals surface area contributed by atoms with Crippen molar-refractivity contribution in [3.05, 3.63) is 40.3 Å². The number of nitrogens with zero attached hydrogens (tertiary/aromatic N) is 2. The molecule has 0 N–H and O–H groups in total. The van der Waals surface area contributed by atoms with Crippen LogP contribution in [0.3, 0.4) is 0 Å². The first-order valence-corrected chi connectivity index (χ1v) is 7.96. The molecule has 2 aromatic heterocycles. The summed E-state index contributed by atoms with van der Waals surface area (Å²) in [4.78, 5) is 11.6. The van der Waals surface area contributed by atoms with Crippen LogP contribution < -0.4 is 5.56 Å². The smallest absolute Gasteiger partial charge is 0.267 e. The number of aryl methyl sites for hydroxylation is 1. The summed E-state index contributed by atoms with van der Waals surface area (Å²) < 4.78 is 2.63. The highest BCUT2D eigenvalue weighted by molar-refractivity contribution is 8.76. The molecule has 2 heterocycles. The van der Waals surface area contributed by atoms with Crippen molar-refractivity contribution >= 4 is 32.9 Å². The van der Waals surface area contributed by atoms with Crippen molar-refractivity contribution in [1.29, 1.82) is 0 Å². The lowest BCUT2D eigenvalue weighted by molar-refractivity contribution is 0.797. The number of hydrogen-bond donors (Lipinski definition) is 0. The van der Waals surface area contributed by atoms with Crippen LogP contribution in [0, 0.1) is 6.92 Å². The Labute approximate surface area is 105 Å². The molecule has 0 aliphatic carbocycles. The van der Waals surface area contributed by atoms with Gasteiger partial charge in [-0.15, -0.1) is 11.3 Å². The van der Waals surface area contributed by atoms with Gasteiger partial charge in [-0.2, -0.15) is 9.78 Å². The van der Waals surface area contributed by atoms with Gasteiger partial charge in [0.15, 0.2) is 0 Å². The maximum absolute atomic E-state index is 11.6. The molecule has 0 radical (unpaired) electrons. The summed E-state index contributed by atoms with van der Waals surface area (Å²) in [6.45, 7) is 1.88. The first-order chi connectivity index (χ1) is 7.70. The molecule has 0 saturated carbocycles. The quantitative estimate of drug-likeness (QED) is 0.803. The van der Waals surface area contributed by atoms with Crippen molar-refractivity contribution in [2.45, 2.75) is 11.1 Å². The lowest BCUT2D eigenvalue weighted by Crippen LogP contribution is -2.19. The summed E-state index contributed by atoms with van der Waals surface area (Å²) in [5.74, 6) is 0. The van der Waals surface area contributed by atoms with Crippen molar-refractivity contribution in [2.75, 3.05) is 6.26 Å². The molecule has 84 valence electrons. The zero-order chi connectivity index (χ0) is 11.5. The molecular formula is C10H10N2OS3. The van der Waals surface area contributed by atoms with E-state index in [-0.39, 0.29) is 5.56 Å². The summed E-state index contributed by atoms with van der Waals surface area (Å²) in [5.41, 5.74) is 0.750. The highest BCUT2D eigenvalue weighted by Gasteiger charge is 2.05. The molecule has 3 nitrogen and oxygen atoms in total. The first kappa shape index (κ1) is 11.8. The second kappa shape index (κ2) is 5.07. The van der Waals surface area contributed by atoms with E-state index in [4.69, 9.17) is 0 Å². The average molecular weight is 270 g/mol. The number of rotatable bonds is 3. The minimum absolute atomic E-state index is 0.0897. The van der Waals surface area contributed by atoms with Crippen LogP contribution in [0.2, 0.25) is 0 Å². The third kappa shape index (κ3) is 2.50.